The molecule has 0 unspecified atom stereocenters. The van der Waals surface area contributed by atoms with Gasteiger partial charge in [-0.15, -0.1) is 24.8 Å². The van der Waals surface area contributed by atoms with Crippen LogP contribution in [0.2, 0.25) is 0 Å². The Balaban J connectivity index is 0.00000182. The number of carbonyl (C=O) groups excluding carboxylic acids is 1. The predicted molar refractivity (Wildman–Crippen MR) is 111 cm³/mol. The maximum atomic E-state index is 13.4. The third-order valence-electron chi connectivity index (χ3n) is 5.49. The number of amides is 1. The fraction of sp³-hybridized carbons (Fsp3) is 0.579. The van der Waals surface area contributed by atoms with Crippen LogP contribution < -0.4 is 11.1 Å². The maximum absolute atomic E-state index is 13.4. The molecule has 2 aromatic rings. The molecule has 1 amide bonds. The Morgan fingerprint density at radius 2 is 2.00 bits per heavy atom. The van der Waals surface area contributed by atoms with E-state index < -0.39 is 0 Å². The second-order valence-electron chi connectivity index (χ2n) is 7.26. The van der Waals surface area contributed by atoms with E-state index in [1.54, 1.807) is 6.07 Å². The van der Waals surface area contributed by atoms with Gasteiger partial charge in [0.15, 0.2) is 0 Å². The van der Waals surface area contributed by atoms with Gasteiger partial charge in [0.1, 0.15) is 11.6 Å². The Labute approximate surface area is 172 Å². The van der Waals surface area contributed by atoms with Gasteiger partial charge in [-0.2, -0.15) is 0 Å². The Hall–Kier alpha value is -1.37. The van der Waals surface area contributed by atoms with Crippen LogP contribution in [0.3, 0.4) is 0 Å². The van der Waals surface area contributed by atoms with Crippen LogP contribution in [0.25, 0.3) is 11.0 Å². The SMILES string of the molecule is Cl.Cl.Cn1c(CCNC(=O)CC2(CN)CCCCC2)nc2ccc(F)cc21. The number of nitrogens with zero attached hydrogens (tertiary/aromatic N) is 2. The van der Waals surface area contributed by atoms with E-state index in [0.717, 1.165) is 29.7 Å². The Morgan fingerprint density at radius 3 is 2.67 bits per heavy atom. The zero-order valence-electron chi connectivity index (χ0n) is 15.7. The summed E-state index contributed by atoms with van der Waals surface area (Å²) in [7, 11) is 1.87. The molecule has 0 spiro atoms. The lowest BCUT2D eigenvalue weighted by Crippen LogP contribution is -2.39. The quantitative estimate of drug-likeness (QED) is 0.753. The first kappa shape index (κ1) is 23.7. The minimum Gasteiger partial charge on any atom is -0.356 e. The second-order valence-corrected chi connectivity index (χ2v) is 7.26. The fourth-order valence-electron chi connectivity index (χ4n) is 3.91. The second kappa shape index (κ2) is 10.2. The summed E-state index contributed by atoms with van der Waals surface area (Å²) in [4.78, 5) is 16.8. The summed E-state index contributed by atoms with van der Waals surface area (Å²) in [5, 5.41) is 3.00. The largest absolute Gasteiger partial charge is 0.356 e. The van der Waals surface area contributed by atoms with Crippen molar-refractivity contribution in [2.24, 2.45) is 18.2 Å². The number of hydrogen-bond acceptors (Lipinski definition) is 3. The lowest BCUT2D eigenvalue weighted by molar-refractivity contribution is -0.123. The first-order chi connectivity index (χ1) is 12.0. The summed E-state index contributed by atoms with van der Waals surface area (Å²) in [5.41, 5.74) is 7.48. The highest BCUT2D eigenvalue weighted by atomic mass is 35.5. The molecule has 0 atom stereocenters. The smallest absolute Gasteiger partial charge is 0.220 e. The monoisotopic (exact) mass is 418 g/mol. The van der Waals surface area contributed by atoms with Crippen molar-refractivity contribution in [1.29, 1.82) is 0 Å². The van der Waals surface area contributed by atoms with Gasteiger partial charge in [0.05, 0.1) is 11.0 Å². The van der Waals surface area contributed by atoms with Crippen LogP contribution in [0.1, 0.15) is 44.3 Å². The molecule has 8 heteroatoms. The van der Waals surface area contributed by atoms with Crippen LogP contribution in [0.15, 0.2) is 18.2 Å². The van der Waals surface area contributed by atoms with Gasteiger partial charge in [-0.1, -0.05) is 19.3 Å². The van der Waals surface area contributed by atoms with Gasteiger partial charge >= 0.3 is 0 Å². The van der Waals surface area contributed by atoms with Crippen LogP contribution in [0, 0.1) is 11.2 Å². The van der Waals surface area contributed by atoms with E-state index in [2.05, 4.69) is 10.3 Å². The molecule has 152 valence electrons. The standard InChI is InChI=1S/C19H27FN4O.2ClH/c1-24-16-11-14(20)5-6-15(16)23-17(24)7-10-22-18(25)12-19(13-21)8-3-2-4-9-19;;/h5-6,11H,2-4,7-10,12-13,21H2,1H3,(H,22,25);2*1H. The van der Waals surface area contributed by atoms with E-state index in [0.29, 0.717) is 25.9 Å². The zero-order valence-corrected chi connectivity index (χ0v) is 17.3. The Morgan fingerprint density at radius 1 is 1.30 bits per heavy atom. The van der Waals surface area contributed by atoms with Crippen molar-refractivity contribution in [3.05, 3.63) is 29.8 Å². The summed E-state index contributed by atoms with van der Waals surface area (Å²) >= 11 is 0. The van der Waals surface area contributed by atoms with E-state index in [1.165, 1.54) is 31.4 Å². The number of hydrogen-bond donors (Lipinski definition) is 2. The molecule has 1 aromatic heterocycles. The molecular formula is C19H29Cl2FN4O. The van der Waals surface area contributed by atoms with Gasteiger partial charge in [0.25, 0.3) is 0 Å². The van der Waals surface area contributed by atoms with Crippen molar-refractivity contribution in [2.45, 2.75) is 44.9 Å². The highest BCUT2D eigenvalue weighted by Gasteiger charge is 2.32. The molecule has 27 heavy (non-hydrogen) atoms. The molecule has 1 aliphatic carbocycles. The van der Waals surface area contributed by atoms with Crippen molar-refractivity contribution in [3.8, 4) is 0 Å². The average Bonchev–Trinajstić information content (AvgIpc) is 2.91. The van der Waals surface area contributed by atoms with E-state index in [1.807, 2.05) is 11.6 Å². The molecule has 5 nitrogen and oxygen atoms in total. The number of nitrogens with one attached hydrogen (secondary N) is 1. The highest BCUT2D eigenvalue weighted by Crippen LogP contribution is 2.38. The molecular weight excluding hydrogens is 390 g/mol. The van der Waals surface area contributed by atoms with Crippen LogP contribution in [-0.4, -0.2) is 28.5 Å². The number of carbonyl (C=O) groups is 1. The van der Waals surface area contributed by atoms with Gasteiger partial charge in [0, 0.05) is 26.4 Å². The number of aryl methyl sites for hydroxylation is 1. The van der Waals surface area contributed by atoms with Crippen molar-refractivity contribution < 1.29 is 9.18 Å². The zero-order chi connectivity index (χ0) is 17.9. The molecule has 1 fully saturated rings. The summed E-state index contributed by atoms with van der Waals surface area (Å²) in [6.07, 6.45) is 6.81. The normalized spacial score (nSPS) is 15.7. The van der Waals surface area contributed by atoms with Crippen LogP contribution in [0.5, 0.6) is 0 Å². The number of halogens is 3. The molecule has 0 saturated heterocycles. The van der Waals surface area contributed by atoms with Gasteiger partial charge in [-0.05, 0) is 43.0 Å². The van der Waals surface area contributed by atoms with Crippen LogP contribution >= 0.6 is 24.8 Å². The molecule has 1 aromatic carbocycles. The molecule has 1 aliphatic rings. The highest BCUT2D eigenvalue weighted by molar-refractivity contribution is 5.85. The molecule has 0 bridgehead atoms. The van der Waals surface area contributed by atoms with Gasteiger partial charge in [-0.3, -0.25) is 4.79 Å². The summed E-state index contributed by atoms with van der Waals surface area (Å²) in [6.45, 7) is 1.11. The minimum absolute atomic E-state index is 0. The predicted octanol–water partition coefficient (Wildman–Crippen LogP) is 3.51. The minimum atomic E-state index is -0.269. The number of imidazole rings is 1. The Bertz CT molecular complexity index is 759. The van der Waals surface area contributed by atoms with E-state index in [4.69, 9.17) is 5.73 Å². The van der Waals surface area contributed by atoms with E-state index >= 15 is 0 Å². The van der Waals surface area contributed by atoms with Gasteiger partial charge < -0.3 is 15.6 Å². The first-order valence-electron chi connectivity index (χ1n) is 9.11. The first-order valence-corrected chi connectivity index (χ1v) is 9.11. The molecule has 3 rings (SSSR count). The lowest BCUT2D eigenvalue weighted by atomic mass is 9.71. The molecule has 0 aliphatic heterocycles. The summed E-state index contributed by atoms with van der Waals surface area (Å²) < 4.78 is 15.2. The molecule has 1 heterocycles. The molecule has 3 N–H and O–H groups in total. The van der Waals surface area contributed by atoms with Crippen molar-refractivity contribution >= 4 is 41.8 Å². The number of benzene rings is 1. The molecule has 0 radical (unpaired) electrons. The van der Waals surface area contributed by atoms with E-state index in [9.17, 15) is 9.18 Å². The third-order valence-corrected chi connectivity index (χ3v) is 5.49. The number of rotatable bonds is 6. The lowest BCUT2D eigenvalue weighted by Gasteiger charge is -2.35. The number of aromatic nitrogens is 2. The Kier molecular flexibility index (Phi) is 8.99. The van der Waals surface area contributed by atoms with Crippen LogP contribution in [0.4, 0.5) is 4.39 Å². The van der Waals surface area contributed by atoms with Gasteiger partial charge in [0.2, 0.25) is 5.91 Å². The van der Waals surface area contributed by atoms with Crippen molar-refractivity contribution in [3.63, 3.8) is 0 Å². The van der Waals surface area contributed by atoms with Crippen molar-refractivity contribution in [2.75, 3.05) is 13.1 Å². The fourth-order valence-corrected chi connectivity index (χ4v) is 3.91. The average molecular weight is 419 g/mol. The van der Waals surface area contributed by atoms with Gasteiger partial charge in [-0.25, -0.2) is 9.37 Å². The topological polar surface area (TPSA) is 72.9 Å². The maximum Gasteiger partial charge on any atom is 0.220 e. The number of fused-ring (bicyclic) bond motifs is 1. The van der Waals surface area contributed by atoms with Crippen LogP contribution in [-0.2, 0) is 18.3 Å². The van der Waals surface area contributed by atoms with Crippen molar-refractivity contribution in [1.82, 2.24) is 14.9 Å². The van der Waals surface area contributed by atoms with E-state index in [-0.39, 0.29) is 42.0 Å². The third kappa shape index (κ3) is 5.56. The number of nitrogens with two attached hydrogens (primary N) is 1. The summed E-state index contributed by atoms with van der Waals surface area (Å²) in [6, 6.07) is 4.58. The summed E-state index contributed by atoms with van der Waals surface area (Å²) in [5.74, 6) is 0.638. The molecule has 1 saturated carbocycles.